The van der Waals surface area contributed by atoms with E-state index in [-0.39, 0.29) is 23.7 Å². The van der Waals surface area contributed by atoms with E-state index < -0.39 is 11.7 Å². The summed E-state index contributed by atoms with van der Waals surface area (Å²) in [6.07, 6.45) is -2.48. The molecule has 2 rings (SSSR count). The molecule has 0 bridgehead atoms. The number of alkyl halides is 3. The van der Waals surface area contributed by atoms with Gasteiger partial charge in [-0.2, -0.15) is 13.2 Å². The highest BCUT2D eigenvalue weighted by molar-refractivity contribution is 5.77. The third kappa shape index (κ3) is 5.42. The topological polar surface area (TPSA) is 50.4 Å². The summed E-state index contributed by atoms with van der Waals surface area (Å²) in [5.41, 5.74) is -0.741. The van der Waals surface area contributed by atoms with E-state index in [9.17, 15) is 18.0 Å². The number of hydrogen-bond donors (Lipinski definition) is 2. The summed E-state index contributed by atoms with van der Waals surface area (Å²) in [7, 11) is 0. The molecule has 1 aliphatic rings. The van der Waals surface area contributed by atoms with E-state index in [4.69, 9.17) is 4.74 Å². The molecule has 4 nitrogen and oxygen atoms in total. The summed E-state index contributed by atoms with van der Waals surface area (Å²) in [6, 6.07) is 4.51. The average Bonchev–Trinajstić information content (AvgIpc) is 2.51. The maximum atomic E-state index is 12.6. The molecule has 1 aromatic carbocycles. The smallest absolute Gasteiger partial charge is 0.416 e. The Morgan fingerprint density at radius 1 is 1.35 bits per heavy atom. The van der Waals surface area contributed by atoms with Gasteiger partial charge in [0, 0.05) is 6.54 Å². The zero-order valence-electron chi connectivity index (χ0n) is 13.0. The van der Waals surface area contributed by atoms with Gasteiger partial charge >= 0.3 is 6.18 Å². The van der Waals surface area contributed by atoms with E-state index in [0.717, 1.165) is 38.1 Å². The lowest BCUT2D eigenvalue weighted by Crippen LogP contribution is -2.43. The fourth-order valence-electron chi connectivity index (χ4n) is 2.48. The Bertz CT molecular complexity index is 540. The molecule has 128 valence electrons. The van der Waals surface area contributed by atoms with Crippen LogP contribution in [0.5, 0.6) is 5.75 Å². The van der Waals surface area contributed by atoms with Gasteiger partial charge in [0.25, 0.3) is 5.91 Å². The van der Waals surface area contributed by atoms with E-state index in [2.05, 4.69) is 17.6 Å². The van der Waals surface area contributed by atoms with Gasteiger partial charge in [-0.05, 0) is 49.5 Å². The van der Waals surface area contributed by atoms with Crippen molar-refractivity contribution in [1.82, 2.24) is 10.6 Å². The van der Waals surface area contributed by atoms with Crippen LogP contribution >= 0.6 is 0 Å². The van der Waals surface area contributed by atoms with Gasteiger partial charge in [-0.3, -0.25) is 4.79 Å². The minimum absolute atomic E-state index is 0.0306. The normalized spacial score (nSPS) is 17.6. The van der Waals surface area contributed by atoms with Crippen LogP contribution in [0.25, 0.3) is 0 Å². The van der Waals surface area contributed by atoms with Crippen molar-refractivity contribution in [2.45, 2.75) is 25.9 Å². The van der Waals surface area contributed by atoms with Crippen LogP contribution in [0.15, 0.2) is 24.3 Å². The second kappa shape index (κ2) is 7.21. The van der Waals surface area contributed by atoms with Crippen molar-refractivity contribution in [3.63, 3.8) is 0 Å². The van der Waals surface area contributed by atoms with E-state index in [1.807, 2.05) is 0 Å². The van der Waals surface area contributed by atoms with Crippen LogP contribution < -0.4 is 15.4 Å². The monoisotopic (exact) mass is 330 g/mol. The molecule has 0 spiro atoms. The molecule has 1 aromatic rings. The summed E-state index contributed by atoms with van der Waals surface area (Å²) in [4.78, 5) is 11.8. The van der Waals surface area contributed by atoms with Gasteiger partial charge in [0.1, 0.15) is 5.75 Å². The maximum absolute atomic E-state index is 12.6. The Hall–Kier alpha value is -1.76. The molecular weight excluding hydrogens is 309 g/mol. The Balaban J connectivity index is 1.80. The van der Waals surface area contributed by atoms with E-state index in [0.29, 0.717) is 6.54 Å². The quantitative estimate of drug-likeness (QED) is 0.872. The van der Waals surface area contributed by atoms with Crippen LogP contribution in [-0.2, 0) is 11.0 Å². The molecule has 0 unspecified atom stereocenters. The lowest BCUT2D eigenvalue weighted by Gasteiger charge is -2.34. The predicted molar refractivity (Wildman–Crippen MR) is 80.2 cm³/mol. The van der Waals surface area contributed by atoms with Crippen LogP contribution in [0.1, 0.15) is 25.3 Å². The predicted octanol–water partition coefficient (Wildman–Crippen LogP) is 2.59. The Morgan fingerprint density at radius 3 is 2.70 bits per heavy atom. The number of piperidine rings is 1. The average molecular weight is 330 g/mol. The van der Waals surface area contributed by atoms with Crippen molar-refractivity contribution in [3.05, 3.63) is 29.8 Å². The molecule has 1 heterocycles. The molecule has 0 radical (unpaired) electrons. The van der Waals surface area contributed by atoms with Crippen LogP contribution in [0.2, 0.25) is 0 Å². The zero-order valence-corrected chi connectivity index (χ0v) is 13.0. The number of carbonyl (C=O) groups excluding carboxylic acids is 1. The zero-order chi connectivity index (χ0) is 16.9. The SMILES string of the molecule is CC1(CNC(=O)COc2cccc(C(F)(F)F)c2)CCNCC1. The lowest BCUT2D eigenvalue weighted by molar-refractivity contribution is -0.137. The largest absolute Gasteiger partial charge is 0.484 e. The fourth-order valence-corrected chi connectivity index (χ4v) is 2.48. The number of carbonyl (C=O) groups is 1. The number of nitrogens with one attached hydrogen (secondary N) is 2. The van der Waals surface area contributed by atoms with Crippen molar-refractivity contribution in [2.24, 2.45) is 5.41 Å². The second-order valence-corrected chi connectivity index (χ2v) is 6.15. The standard InChI is InChI=1S/C16H21F3N2O2/c1-15(5-7-20-8-6-15)11-21-14(22)10-23-13-4-2-3-12(9-13)16(17,18)19/h2-4,9,20H,5-8,10-11H2,1H3,(H,21,22). The number of rotatable bonds is 5. The van der Waals surface area contributed by atoms with Crippen molar-refractivity contribution in [3.8, 4) is 5.75 Å². The molecular formula is C16H21F3N2O2. The number of benzene rings is 1. The highest BCUT2D eigenvalue weighted by Gasteiger charge is 2.30. The summed E-state index contributed by atoms with van der Waals surface area (Å²) in [5, 5.41) is 6.06. The molecule has 7 heteroatoms. The van der Waals surface area contributed by atoms with Crippen LogP contribution in [0, 0.1) is 5.41 Å². The molecule has 0 aromatic heterocycles. The highest BCUT2D eigenvalue weighted by atomic mass is 19.4. The van der Waals surface area contributed by atoms with Crippen molar-refractivity contribution in [1.29, 1.82) is 0 Å². The van der Waals surface area contributed by atoms with Gasteiger partial charge < -0.3 is 15.4 Å². The maximum Gasteiger partial charge on any atom is 0.416 e. The van der Waals surface area contributed by atoms with Gasteiger partial charge in [0.05, 0.1) is 5.56 Å². The first-order valence-electron chi connectivity index (χ1n) is 7.56. The first-order chi connectivity index (χ1) is 10.8. The van der Waals surface area contributed by atoms with E-state index in [1.165, 1.54) is 12.1 Å². The molecule has 0 saturated carbocycles. The first-order valence-corrected chi connectivity index (χ1v) is 7.56. The van der Waals surface area contributed by atoms with Crippen LogP contribution in [0.4, 0.5) is 13.2 Å². The summed E-state index contributed by atoms with van der Waals surface area (Å²) < 4.78 is 42.9. The Labute approximate surface area is 133 Å². The van der Waals surface area contributed by atoms with Gasteiger partial charge in [-0.15, -0.1) is 0 Å². The van der Waals surface area contributed by atoms with Crippen molar-refractivity contribution < 1.29 is 22.7 Å². The Kier molecular flexibility index (Phi) is 5.51. The second-order valence-electron chi connectivity index (χ2n) is 6.15. The van der Waals surface area contributed by atoms with Gasteiger partial charge in [-0.25, -0.2) is 0 Å². The van der Waals surface area contributed by atoms with E-state index in [1.54, 1.807) is 0 Å². The van der Waals surface area contributed by atoms with Gasteiger partial charge in [0.2, 0.25) is 0 Å². The minimum Gasteiger partial charge on any atom is -0.484 e. The number of hydrogen-bond acceptors (Lipinski definition) is 3. The summed E-state index contributed by atoms with van der Waals surface area (Å²) in [6.45, 7) is 4.21. The fraction of sp³-hybridized carbons (Fsp3) is 0.562. The number of halogens is 3. The van der Waals surface area contributed by atoms with Crippen molar-refractivity contribution in [2.75, 3.05) is 26.2 Å². The minimum atomic E-state index is -4.43. The van der Waals surface area contributed by atoms with Gasteiger partial charge in [-0.1, -0.05) is 13.0 Å². The third-order valence-corrected chi connectivity index (χ3v) is 4.05. The molecule has 0 atom stereocenters. The molecule has 1 amide bonds. The number of amides is 1. The summed E-state index contributed by atoms with van der Waals surface area (Å²) >= 11 is 0. The van der Waals surface area contributed by atoms with Crippen LogP contribution in [0.3, 0.4) is 0 Å². The molecule has 1 aliphatic heterocycles. The summed E-state index contributed by atoms with van der Waals surface area (Å²) in [5.74, 6) is -0.301. The molecule has 1 saturated heterocycles. The first kappa shape index (κ1) is 17.6. The lowest BCUT2D eigenvalue weighted by atomic mass is 9.81. The van der Waals surface area contributed by atoms with E-state index >= 15 is 0 Å². The van der Waals surface area contributed by atoms with Crippen LogP contribution in [-0.4, -0.2) is 32.1 Å². The highest BCUT2D eigenvalue weighted by Crippen LogP contribution is 2.31. The molecule has 2 N–H and O–H groups in total. The molecule has 0 aliphatic carbocycles. The molecule has 23 heavy (non-hydrogen) atoms. The Morgan fingerprint density at radius 2 is 2.04 bits per heavy atom. The molecule has 1 fully saturated rings. The van der Waals surface area contributed by atoms with Gasteiger partial charge in [0.15, 0.2) is 6.61 Å². The van der Waals surface area contributed by atoms with Crippen molar-refractivity contribution >= 4 is 5.91 Å². The number of ether oxygens (including phenoxy) is 1. The third-order valence-electron chi connectivity index (χ3n) is 4.05.